The van der Waals surface area contributed by atoms with Crippen molar-refractivity contribution in [2.24, 2.45) is 5.41 Å². The van der Waals surface area contributed by atoms with Crippen LogP contribution in [0.1, 0.15) is 156 Å². The Kier molecular flexibility index (Phi) is 20.7. The Hall–Kier alpha value is -0.313. The van der Waals surface area contributed by atoms with E-state index in [1.165, 1.54) is 122 Å². The maximum atomic E-state index is 11.7. The molecule has 0 saturated heterocycles. The number of rotatable bonds is 22. The molecule has 0 aromatic carbocycles. The van der Waals surface area contributed by atoms with Crippen molar-refractivity contribution in [1.82, 2.24) is 0 Å². The molecule has 0 heterocycles. The van der Waals surface area contributed by atoms with Crippen molar-refractivity contribution in [1.29, 1.82) is 0 Å². The quantitative estimate of drug-likeness (QED) is 0.129. The normalized spacial score (nSPS) is 11.8. The van der Waals surface area contributed by atoms with Crippen molar-refractivity contribution < 1.29 is 9.22 Å². The summed E-state index contributed by atoms with van der Waals surface area (Å²) in [4.78, 5) is 11.7. The third-order valence-electron chi connectivity index (χ3n) is 6.75. The molecule has 0 fully saturated rings. The second-order valence-electron chi connectivity index (χ2n) is 9.42. The second kappa shape index (κ2) is 20.9. The lowest BCUT2D eigenvalue weighted by Crippen LogP contribution is -2.22. The average molecular weight is 427 g/mol. The lowest BCUT2D eigenvalue weighted by Gasteiger charge is -2.35. The van der Waals surface area contributed by atoms with Crippen LogP contribution in [-0.4, -0.2) is 16.5 Å². The number of carbonyl (C=O) groups excluding carboxylic acids is 1. The minimum Gasteiger partial charge on any atom is -0.529 e. The van der Waals surface area contributed by atoms with Gasteiger partial charge in [-0.05, 0) is 37.5 Å². The van der Waals surface area contributed by atoms with E-state index in [4.69, 9.17) is 4.43 Å². The topological polar surface area (TPSA) is 26.3 Å². The van der Waals surface area contributed by atoms with E-state index in [-0.39, 0.29) is 5.97 Å². The first-order valence-electron chi connectivity index (χ1n) is 13.2. The average Bonchev–Trinajstić information content (AvgIpc) is 2.73. The molecule has 0 amide bonds. The second-order valence-corrected chi connectivity index (χ2v) is 9.83. The van der Waals surface area contributed by atoms with Crippen molar-refractivity contribution >= 4 is 16.5 Å². The Balaban J connectivity index is 4.79. The summed E-state index contributed by atoms with van der Waals surface area (Å²) in [7, 11) is 0.537. The number of hydrogen-bond acceptors (Lipinski definition) is 2. The molecule has 0 spiro atoms. The zero-order valence-electron chi connectivity index (χ0n) is 20.7. The molecule has 0 aromatic heterocycles. The van der Waals surface area contributed by atoms with Gasteiger partial charge >= 0.3 is 0 Å². The fourth-order valence-corrected chi connectivity index (χ4v) is 4.97. The van der Waals surface area contributed by atoms with E-state index in [1.807, 2.05) is 0 Å². The Morgan fingerprint density at radius 3 is 1.28 bits per heavy atom. The summed E-state index contributed by atoms with van der Waals surface area (Å²) in [5, 5.41) is 0. The van der Waals surface area contributed by atoms with Crippen LogP contribution in [0.4, 0.5) is 0 Å². The van der Waals surface area contributed by atoms with E-state index >= 15 is 0 Å². The van der Waals surface area contributed by atoms with Crippen LogP contribution in [0.25, 0.3) is 0 Å². The van der Waals surface area contributed by atoms with Gasteiger partial charge in [0.25, 0.3) is 5.97 Å². The lowest BCUT2D eigenvalue weighted by atomic mass is 9.70. The summed E-state index contributed by atoms with van der Waals surface area (Å²) >= 11 is 0. The van der Waals surface area contributed by atoms with E-state index in [9.17, 15) is 4.79 Å². The van der Waals surface area contributed by atoms with Gasteiger partial charge in [0.2, 0.25) is 10.5 Å². The summed E-state index contributed by atoms with van der Waals surface area (Å²) in [6.45, 7) is 6.89. The molecule has 29 heavy (non-hydrogen) atoms. The molecular weight excluding hydrogens is 372 g/mol. The molecule has 3 heteroatoms. The molecule has 0 aliphatic heterocycles. The largest absolute Gasteiger partial charge is 0.529 e. The molecular formula is C26H54O2Si. The van der Waals surface area contributed by atoms with E-state index in [1.54, 1.807) is 0 Å². The van der Waals surface area contributed by atoms with E-state index in [2.05, 4.69) is 20.8 Å². The van der Waals surface area contributed by atoms with E-state index in [0.29, 0.717) is 22.3 Å². The van der Waals surface area contributed by atoms with Crippen LogP contribution >= 0.6 is 0 Å². The molecule has 2 nitrogen and oxygen atoms in total. The highest BCUT2D eigenvalue weighted by Crippen LogP contribution is 2.42. The summed E-state index contributed by atoms with van der Waals surface area (Å²) in [6, 6.07) is 0. The zero-order valence-corrected chi connectivity index (χ0v) is 22.7. The fraction of sp³-hybridized carbons (Fsp3) is 0.962. The van der Waals surface area contributed by atoms with Crippen molar-refractivity contribution in [2.45, 2.75) is 156 Å². The van der Waals surface area contributed by atoms with Crippen LogP contribution < -0.4 is 0 Å². The van der Waals surface area contributed by atoms with Gasteiger partial charge in [0, 0.05) is 6.42 Å². The van der Waals surface area contributed by atoms with E-state index < -0.39 is 0 Å². The third-order valence-corrected chi connectivity index (χ3v) is 7.20. The van der Waals surface area contributed by atoms with Crippen molar-refractivity contribution in [3.8, 4) is 0 Å². The van der Waals surface area contributed by atoms with Gasteiger partial charge in [-0.3, -0.25) is 4.79 Å². The van der Waals surface area contributed by atoms with Crippen LogP contribution in [0.5, 0.6) is 0 Å². The predicted octanol–water partition coefficient (Wildman–Crippen LogP) is 8.05. The van der Waals surface area contributed by atoms with Crippen molar-refractivity contribution in [3.05, 3.63) is 0 Å². The SMILES string of the molecule is CCCCCCCC(CCCCCCC)(CCCCCCC)CCCC(=O)O[SiH3]. The summed E-state index contributed by atoms with van der Waals surface area (Å²) < 4.78 is 5.04. The smallest absolute Gasteiger partial charge is 0.291 e. The van der Waals surface area contributed by atoms with E-state index in [0.717, 1.165) is 6.42 Å². The van der Waals surface area contributed by atoms with Crippen LogP contribution in [0.15, 0.2) is 0 Å². The Labute approximate surface area is 186 Å². The Bertz CT molecular complexity index is 321. The van der Waals surface area contributed by atoms with Gasteiger partial charge in [-0.1, -0.05) is 117 Å². The number of hydrogen-bond donors (Lipinski definition) is 0. The van der Waals surface area contributed by atoms with Gasteiger partial charge in [0.1, 0.15) is 0 Å². The maximum absolute atomic E-state index is 11.7. The van der Waals surface area contributed by atoms with Gasteiger partial charge in [0.15, 0.2) is 0 Å². The monoisotopic (exact) mass is 426 g/mol. The predicted molar refractivity (Wildman–Crippen MR) is 132 cm³/mol. The minimum atomic E-state index is 0.0272. The zero-order chi connectivity index (χ0) is 21.6. The van der Waals surface area contributed by atoms with Gasteiger partial charge in [-0.15, -0.1) is 0 Å². The summed E-state index contributed by atoms with van der Waals surface area (Å²) in [6.07, 6.45) is 27.7. The van der Waals surface area contributed by atoms with Crippen LogP contribution in [-0.2, 0) is 9.22 Å². The highest BCUT2D eigenvalue weighted by atomic mass is 28.2. The van der Waals surface area contributed by atoms with Crippen molar-refractivity contribution in [2.75, 3.05) is 0 Å². The molecule has 0 aliphatic rings. The standard InChI is InChI=1S/C26H54O2Si/c1-4-7-10-13-16-21-26(22-17-14-11-8-5-2,23-18-15-12-9-6-3)24-19-20-25(27)28-29/h4-24H2,1-3,29H3. The molecule has 0 saturated carbocycles. The Morgan fingerprint density at radius 1 is 0.586 bits per heavy atom. The third kappa shape index (κ3) is 17.1. The molecule has 0 N–H and O–H groups in total. The Morgan fingerprint density at radius 2 is 0.931 bits per heavy atom. The minimum absolute atomic E-state index is 0.0272. The van der Waals surface area contributed by atoms with Crippen LogP contribution in [0.2, 0.25) is 0 Å². The van der Waals surface area contributed by atoms with Gasteiger partial charge < -0.3 is 4.43 Å². The molecule has 0 bridgehead atoms. The van der Waals surface area contributed by atoms with Crippen LogP contribution in [0.3, 0.4) is 0 Å². The number of unbranched alkanes of at least 4 members (excludes halogenated alkanes) is 12. The molecule has 0 aromatic rings. The highest BCUT2D eigenvalue weighted by molar-refractivity contribution is 6.05. The van der Waals surface area contributed by atoms with Gasteiger partial charge in [-0.2, -0.15) is 0 Å². The molecule has 174 valence electrons. The molecule has 0 unspecified atom stereocenters. The first-order valence-corrected chi connectivity index (χ1v) is 14.0. The number of carbonyl (C=O) groups is 1. The first-order chi connectivity index (χ1) is 14.1. The fourth-order valence-electron chi connectivity index (χ4n) is 4.77. The van der Waals surface area contributed by atoms with Gasteiger partial charge in [0.05, 0.1) is 0 Å². The highest BCUT2D eigenvalue weighted by Gasteiger charge is 2.28. The first kappa shape index (κ1) is 28.7. The summed E-state index contributed by atoms with van der Waals surface area (Å²) in [5.74, 6) is 0.0272. The van der Waals surface area contributed by atoms with Crippen LogP contribution in [0, 0.1) is 5.41 Å². The molecule has 0 aliphatic carbocycles. The summed E-state index contributed by atoms with van der Waals surface area (Å²) in [5.41, 5.74) is 0.482. The van der Waals surface area contributed by atoms with Gasteiger partial charge in [-0.25, -0.2) is 0 Å². The molecule has 0 atom stereocenters. The maximum Gasteiger partial charge on any atom is 0.291 e. The molecule has 0 radical (unpaired) electrons. The molecule has 0 rings (SSSR count). The lowest BCUT2D eigenvalue weighted by molar-refractivity contribution is -0.134. The van der Waals surface area contributed by atoms with Crippen molar-refractivity contribution in [3.63, 3.8) is 0 Å².